The van der Waals surface area contributed by atoms with Crippen molar-refractivity contribution in [3.8, 4) is 11.4 Å². The molecule has 0 spiro atoms. The summed E-state index contributed by atoms with van der Waals surface area (Å²) in [4.78, 5) is 26.7. The number of nitrogens with zero attached hydrogens (tertiary/aromatic N) is 3. The molecule has 0 bridgehead atoms. The van der Waals surface area contributed by atoms with Gasteiger partial charge in [0.05, 0.1) is 29.2 Å². The van der Waals surface area contributed by atoms with E-state index < -0.39 is 11.7 Å². The zero-order chi connectivity index (χ0) is 21.0. The number of amides is 1. The van der Waals surface area contributed by atoms with E-state index in [1.54, 1.807) is 25.6 Å². The van der Waals surface area contributed by atoms with Gasteiger partial charge in [-0.3, -0.25) is 9.59 Å². The lowest BCUT2D eigenvalue weighted by molar-refractivity contribution is -0.125. The van der Waals surface area contributed by atoms with Crippen molar-refractivity contribution in [3.63, 3.8) is 0 Å². The molecule has 0 radical (unpaired) electrons. The molecule has 1 heterocycles. The van der Waals surface area contributed by atoms with Crippen LogP contribution in [0.15, 0.2) is 54.6 Å². The largest absolute Gasteiger partial charge is 0.492 e. The molecule has 0 aliphatic rings. The van der Waals surface area contributed by atoms with Gasteiger partial charge in [-0.15, -0.1) is 0 Å². The van der Waals surface area contributed by atoms with Crippen molar-refractivity contribution in [2.45, 2.75) is 13.8 Å². The first-order valence-corrected chi connectivity index (χ1v) is 9.18. The van der Waals surface area contributed by atoms with Gasteiger partial charge in [-0.2, -0.15) is 5.10 Å². The number of carbonyl (C=O) groups is 2. The van der Waals surface area contributed by atoms with Crippen molar-refractivity contribution >= 4 is 11.7 Å². The van der Waals surface area contributed by atoms with Crippen LogP contribution in [0.3, 0.4) is 0 Å². The second kappa shape index (κ2) is 8.68. The summed E-state index contributed by atoms with van der Waals surface area (Å²) in [5.74, 6) is -1.09. The molecule has 29 heavy (non-hydrogen) atoms. The van der Waals surface area contributed by atoms with Crippen LogP contribution in [0, 0.1) is 19.7 Å². The highest BCUT2D eigenvalue weighted by molar-refractivity contribution is 6.43. The quantitative estimate of drug-likeness (QED) is 0.455. The SMILES string of the molecule is Cc1nn(-c2ccccc2)c(C)c1C(=O)C(=O)N(C)CCOc1ccc(F)cc1. The van der Waals surface area contributed by atoms with Gasteiger partial charge >= 0.3 is 0 Å². The van der Waals surface area contributed by atoms with E-state index in [4.69, 9.17) is 4.74 Å². The van der Waals surface area contributed by atoms with E-state index in [9.17, 15) is 14.0 Å². The first-order chi connectivity index (χ1) is 13.9. The minimum atomic E-state index is -0.633. The van der Waals surface area contributed by atoms with Gasteiger partial charge in [0, 0.05) is 7.05 Å². The fourth-order valence-corrected chi connectivity index (χ4v) is 3.00. The standard InChI is InChI=1S/C22H22FN3O3/c1-15-20(16(2)26(24-15)18-7-5-4-6-8-18)21(27)22(28)25(3)13-14-29-19-11-9-17(23)10-12-19/h4-12H,13-14H2,1-3H3. The lowest BCUT2D eigenvalue weighted by Gasteiger charge is -2.17. The molecule has 0 fully saturated rings. The Morgan fingerprint density at radius 1 is 1.07 bits per heavy atom. The molecule has 0 saturated heterocycles. The van der Waals surface area contributed by atoms with E-state index in [0.717, 1.165) is 5.69 Å². The molecule has 2 aromatic carbocycles. The Labute approximate surface area is 168 Å². The Morgan fingerprint density at radius 2 is 1.72 bits per heavy atom. The number of hydrogen-bond acceptors (Lipinski definition) is 4. The number of benzene rings is 2. The molecule has 6 nitrogen and oxygen atoms in total. The first-order valence-electron chi connectivity index (χ1n) is 9.18. The van der Waals surface area contributed by atoms with Gasteiger partial charge in [0.15, 0.2) is 0 Å². The van der Waals surface area contributed by atoms with Crippen molar-refractivity contribution in [1.29, 1.82) is 0 Å². The normalized spacial score (nSPS) is 10.6. The fraction of sp³-hybridized carbons (Fsp3) is 0.227. The molecule has 0 unspecified atom stereocenters. The molecule has 7 heteroatoms. The van der Waals surface area contributed by atoms with E-state index in [2.05, 4.69) is 5.10 Å². The maximum absolute atomic E-state index is 12.9. The molecule has 0 saturated carbocycles. The number of aryl methyl sites for hydroxylation is 1. The Kier molecular flexibility index (Phi) is 6.07. The third-order valence-electron chi connectivity index (χ3n) is 4.57. The lowest BCUT2D eigenvalue weighted by atomic mass is 10.1. The summed E-state index contributed by atoms with van der Waals surface area (Å²) in [7, 11) is 1.54. The van der Waals surface area contributed by atoms with Crippen molar-refractivity contribution in [2.75, 3.05) is 20.2 Å². The molecule has 0 aliphatic carbocycles. The van der Waals surface area contributed by atoms with Crippen LogP contribution in [0.1, 0.15) is 21.7 Å². The summed E-state index contributed by atoms with van der Waals surface area (Å²) >= 11 is 0. The van der Waals surface area contributed by atoms with Gasteiger partial charge in [-0.1, -0.05) is 18.2 Å². The number of likely N-dealkylation sites (N-methyl/N-ethyl adjacent to an activating group) is 1. The smallest absolute Gasteiger partial charge is 0.294 e. The van der Waals surface area contributed by atoms with Crippen LogP contribution in [0.4, 0.5) is 4.39 Å². The average Bonchev–Trinajstić information content (AvgIpc) is 3.03. The number of ether oxygens (including phenoxy) is 1. The number of aromatic nitrogens is 2. The molecule has 1 amide bonds. The number of carbonyl (C=O) groups excluding carboxylic acids is 2. The van der Waals surface area contributed by atoms with E-state index in [0.29, 0.717) is 22.7 Å². The highest BCUT2D eigenvalue weighted by Gasteiger charge is 2.27. The third-order valence-corrected chi connectivity index (χ3v) is 4.57. The van der Waals surface area contributed by atoms with Crippen LogP contribution in [-0.4, -0.2) is 46.6 Å². The monoisotopic (exact) mass is 395 g/mol. The molecule has 0 N–H and O–H groups in total. The summed E-state index contributed by atoms with van der Waals surface area (Å²) < 4.78 is 20.1. The molecular formula is C22H22FN3O3. The van der Waals surface area contributed by atoms with Crippen molar-refractivity contribution in [3.05, 3.63) is 77.4 Å². The maximum Gasteiger partial charge on any atom is 0.294 e. The zero-order valence-electron chi connectivity index (χ0n) is 16.6. The fourth-order valence-electron chi connectivity index (χ4n) is 3.00. The van der Waals surface area contributed by atoms with Crippen LogP contribution in [0.2, 0.25) is 0 Å². The van der Waals surface area contributed by atoms with Crippen LogP contribution >= 0.6 is 0 Å². The second-order valence-corrected chi connectivity index (χ2v) is 6.65. The van der Waals surface area contributed by atoms with Gasteiger partial charge in [-0.25, -0.2) is 9.07 Å². The summed E-state index contributed by atoms with van der Waals surface area (Å²) in [6, 6.07) is 15.0. The predicted molar refractivity (Wildman–Crippen MR) is 107 cm³/mol. The predicted octanol–water partition coefficient (Wildman–Crippen LogP) is 3.35. The van der Waals surface area contributed by atoms with Gasteiger partial charge in [0.1, 0.15) is 18.2 Å². The van der Waals surface area contributed by atoms with Gasteiger partial charge < -0.3 is 9.64 Å². The Hall–Kier alpha value is -3.48. The van der Waals surface area contributed by atoms with Crippen molar-refractivity contribution in [1.82, 2.24) is 14.7 Å². The summed E-state index contributed by atoms with van der Waals surface area (Å²) in [6.07, 6.45) is 0. The number of Topliss-reactive ketones (excluding diaryl/α,β-unsaturated/α-hetero) is 1. The number of hydrogen-bond donors (Lipinski definition) is 0. The van der Waals surface area contributed by atoms with E-state index in [1.165, 1.54) is 29.2 Å². The van der Waals surface area contributed by atoms with Crippen LogP contribution in [0.25, 0.3) is 5.69 Å². The molecule has 3 aromatic rings. The van der Waals surface area contributed by atoms with E-state index in [-0.39, 0.29) is 19.0 Å². The van der Waals surface area contributed by atoms with Crippen LogP contribution < -0.4 is 4.74 Å². The van der Waals surface area contributed by atoms with Crippen molar-refractivity contribution < 1.29 is 18.7 Å². The number of ketones is 1. The maximum atomic E-state index is 12.9. The molecule has 0 atom stereocenters. The highest BCUT2D eigenvalue weighted by Crippen LogP contribution is 2.19. The average molecular weight is 395 g/mol. The molecule has 3 rings (SSSR count). The van der Waals surface area contributed by atoms with Gasteiger partial charge in [0.25, 0.3) is 11.7 Å². The first kappa shape index (κ1) is 20.3. The van der Waals surface area contributed by atoms with E-state index in [1.807, 2.05) is 30.3 Å². The minimum absolute atomic E-state index is 0.183. The number of halogens is 1. The second-order valence-electron chi connectivity index (χ2n) is 6.65. The van der Waals surface area contributed by atoms with Crippen LogP contribution in [0.5, 0.6) is 5.75 Å². The Bertz CT molecular complexity index is 1010. The Balaban J connectivity index is 1.67. The summed E-state index contributed by atoms with van der Waals surface area (Å²) in [5.41, 5.74) is 2.24. The van der Waals surface area contributed by atoms with E-state index >= 15 is 0 Å². The molecular weight excluding hydrogens is 373 g/mol. The number of para-hydroxylation sites is 1. The number of rotatable bonds is 7. The lowest BCUT2D eigenvalue weighted by Crippen LogP contribution is -2.36. The Morgan fingerprint density at radius 3 is 2.38 bits per heavy atom. The third kappa shape index (κ3) is 4.51. The molecule has 150 valence electrons. The van der Waals surface area contributed by atoms with Crippen molar-refractivity contribution in [2.24, 2.45) is 0 Å². The zero-order valence-corrected chi connectivity index (χ0v) is 16.6. The molecule has 1 aromatic heterocycles. The molecule has 0 aliphatic heterocycles. The van der Waals surface area contributed by atoms with Gasteiger partial charge in [0.2, 0.25) is 0 Å². The van der Waals surface area contributed by atoms with Gasteiger partial charge in [-0.05, 0) is 50.2 Å². The minimum Gasteiger partial charge on any atom is -0.492 e. The van der Waals surface area contributed by atoms with Crippen LogP contribution in [-0.2, 0) is 4.79 Å². The highest BCUT2D eigenvalue weighted by atomic mass is 19.1. The summed E-state index contributed by atoms with van der Waals surface area (Å²) in [5, 5.41) is 4.42. The summed E-state index contributed by atoms with van der Waals surface area (Å²) in [6.45, 7) is 3.88. The topological polar surface area (TPSA) is 64.4 Å².